The number of nitrogens with zero attached hydrogens (tertiary/aromatic N) is 1. The van der Waals surface area contributed by atoms with Crippen LogP contribution in [0.2, 0.25) is 0 Å². The maximum absolute atomic E-state index is 12.7. The highest BCUT2D eigenvalue weighted by atomic mass is 19.4. The van der Waals surface area contributed by atoms with Crippen molar-refractivity contribution in [2.45, 2.75) is 50.0 Å². The molecule has 10 heteroatoms. The second kappa shape index (κ2) is 8.48. The lowest BCUT2D eigenvalue weighted by molar-refractivity contribution is -0.274. The van der Waals surface area contributed by atoms with Gasteiger partial charge in [0.2, 0.25) is 5.91 Å². The Bertz CT molecular complexity index is 750. The predicted molar refractivity (Wildman–Crippen MR) is 98.6 cm³/mol. The third-order valence-corrected chi connectivity index (χ3v) is 5.23. The number of ether oxygens (including phenoxy) is 2. The summed E-state index contributed by atoms with van der Waals surface area (Å²) >= 11 is 0. The highest BCUT2D eigenvalue weighted by Gasteiger charge is 2.38. The molecule has 1 aliphatic carbocycles. The first-order valence-corrected chi connectivity index (χ1v) is 9.46. The highest BCUT2D eigenvalue weighted by Crippen LogP contribution is 2.31. The van der Waals surface area contributed by atoms with E-state index in [1.54, 1.807) is 7.11 Å². The van der Waals surface area contributed by atoms with Crippen LogP contribution in [0.15, 0.2) is 24.3 Å². The molecule has 1 saturated carbocycles. The van der Waals surface area contributed by atoms with Crippen LogP contribution >= 0.6 is 0 Å². The van der Waals surface area contributed by atoms with Crippen molar-refractivity contribution in [3.63, 3.8) is 0 Å². The van der Waals surface area contributed by atoms with Crippen molar-refractivity contribution >= 4 is 17.6 Å². The van der Waals surface area contributed by atoms with Crippen LogP contribution in [0, 0.1) is 0 Å². The predicted octanol–water partition coefficient (Wildman–Crippen LogP) is 2.95. The molecule has 1 saturated heterocycles. The minimum absolute atomic E-state index is 0.280. The largest absolute Gasteiger partial charge is 0.573 e. The number of amides is 3. The maximum atomic E-state index is 12.7. The van der Waals surface area contributed by atoms with Gasteiger partial charge in [-0.15, -0.1) is 13.2 Å². The van der Waals surface area contributed by atoms with E-state index in [1.165, 1.54) is 17.0 Å². The van der Waals surface area contributed by atoms with Crippen LogP contribution in [0.4, 0.5) is 23.7 Å². The van der Waals surface area contributed by atoms with Crippen molar-refractivity contribution in [1.82, 2.24) is 10.6 Å². The lowest BCUT2D eigenvalue weighted by atomic mass is 9.99. The van der Waals surface area contributed by atoms with E-state index in [9.17, 15) is 22.8 Å². The first-order chi connectivity index (χ1) is 13.7. The molecule has 1 heterocycles. The smallest absolute Gasteiger partial charge is 0.406 e. The van der Waals surface area contributed by atoms with E-state index in [-0.39, 0.29) is 18.1 Å². The number of rotatable bonds is 6. The molecule has 1 atom stereocenters. The molecule has 2 aliphatic rings. The summed E-state index contributed by atoms with van der Waals surface area (Å²) < 4.78 is 46.4. The third kappa shape index (κ3) is 5.31. The molecule has 1 aromatic rings. The topological polar surface area (TPSA) is 79.9 Å². The lowest BCUT2D eigenvalue weighted by Gasteiger charge is -2.30. The fraction of sp³-hybridized carbons (Fsp3) is 0.579. The van der Waals surface area contributed by atoms with E-state index in [1.807, 2.05) is 0 Å². The number of halogens is 3. The van der Waals surface area contributed by atoms with Crippen LogP contribution in [-0.2, 0) is 9.53 Å². The van der Waals surface area contributed by atoms with E-state index in [0.717, 1.165) is 37.8 Å². The number of urea groups is 1. The van der Waals surface area contributed by atoms with Crippen molar-refractivity contribution in [2.75, 3.05) is 25.2 Å². The summed E-state index contributed by atoms with van der Waals surface area (Å²) in [5.41, 5.74) is -0.142. The van der Waals surface area contributed by atoms with Crippen LogP contribution in [0.25, 0.3) is 0 Å². The van der Waals surface area contributed by atoms with Crippen LogP contribution in [0.5, 0.6) is 5.75 Å². The molecule has 3 rings (SSSR count). The van der Waals surface area contributed by atoms with Crippen LogP contribution < -0.4 is 20.3 Å². The van der Waals surface area contributed by atoms with Gasteiger partial charge in [0.1, 0.15) is 11.8 Å². The monoisotopic (exact) mass is 415 g/mol. The second-order valence-corrected chi connectivity index (χ2v) is 7.40. The molecule has 1 aliphatic heterocycles. The summed E-state index contributed by atoms with van der Waals surface area (Å²) in [4.78, 5) is 26.5. The van der Waals surface area contributed by atoms with Crippen LogP contribution in [-0.4, -0.2) is 50.1 Å². The van der Waals surface area contributed by atoms with Crippen molar-refractivity contribution in [3.05, 3.63) is 24.3 Å². The Morgan fingerprint density at radius 1 is 1.31 bits per heavy atom. The van der Waals surface area contributed by atoms with Crippen molar-refractivity contribution in [1.29, 1.82) is 0 Å². The van der Waals surface area contributed by atoms with Gasteiger partial charge in [-0.1, -0.05) is 18.9 Å². The molecular formula is C19H24F3N3O4. The van der Waals surface area contributed by atoms with E-state index in [4.69, 9.17) is 4.74 Å². The molecule has 1 unspecified atom stereocenters. The number of hydrogen-bond donors (Lipinski definition) is 2. The summed E-state index contributed by atoms with van der Waals surface area (Å²) in [7, 11) is 1.58. The number of methoxy groups -OCH3 is 1. The fourth-order valence-electron chi connectivity index (χ4n) is 3.99. The summed E-state index contributed by atoms with van der Waals surface area (Å²) in [6.07, 6.45) is -0.843. The van der Waals surface area contributed by atoms with E-state index in [2.05, 4.69) is 15.4 Å². The Hall–Kier alpha value is -2.49. The average molecular weight is 415 g/mol. The van der Waals surface area contributed by atoms with Gasteiger partial charge >= 0.3 is 12.4 Å². The SMILES string of the molecule is COCC1(NC(=O)NC2CCN(c3cccc(OC(F)(F)F)c3)C2=O)CCCC1. The molecule has 2 fully saturated rings. The summed E-state index contributed by atoms with van der Waals surface area (Å²) in [6.45, 7) is 0.680. The minimum atomic E-state index is -4.81. The molecule has 160 valence electrons. The van der Waals surface area contributed by atoms with Gasteiger partial charge in [0, 0.05) is 25.4 Å². The minimum Gasteiger partial charge on any atom is -0.406 e. The van der Waals surface area contributed by atoms with Gasteiger partial charge < -0.3 is 25.0 Å². The number of anilines is 1. The van der Waals surface area contributed by atoms with Crippen molar-refractivity contribution in [2.24, 2.45) is 0 Å². The Morgan fingerprint density at radius 2 is 2.03 bits per heavy atom. The van der Waals surface area contributed by atoms with Gasteiger partial charge in [-0.2, -0.15) is 0 Å². The molecule has 2 N–H and O–H groups in total. The quantitative estimate of drug-likeness (QED) is 0.749. The number of nitrogens with one attached hydrogen (secondary N) is 2. The zero-order valence-electron chi connectivity index (χ0n) is 16.1. The zero-order valence-corrected chi connectivity index (χ0v) is 16.1. The van der Waals surface area contributed by atoms with E-state index in [0.29, 0.717) is 13.0 Å². The van der Waals surface area contributed by atoms with E-state index < -0.39 is 29.7 Å². The van der Waals surface area contributed by atoms with E-state index >= 15 is 0 Å². The molecule has 0 spiro atoms. The molecule has 29 heavy (non-hydrogen) atoms. The molecule has 0 bridgehead atoms. The standard InChI is InChI=1S/C19H24F3N3O4/c1-28-12-18(8-2-3-9-18)24-17(27)23-15-7-10-25(16(15)26)13-5-4-6-14(11-13)29-19(20,21)22/h4-6,11,15H,2-3,7-10,12H2,1H3,(H2,23,24,27). The number of benzene rings is 1. The number of hydrogen-bond acceptors (Lipinski definition) is 4. The van der Waals surface area contributed by atoms with Crippen molar-refractivity contribution in [3.8, 4) is 5.75 Å². The summed E-state index contributed by atoms with van der Waals surface area (Å²) in [6, 6.07) is 4.03. The summed E-state index contributed by atoms with van der Waals surface area (Å²) in [5, 5.41) is 5.62. The number of carbonyl (C=O) groups is 2. The van der Waals surface area contributed by atoms with Crippen LogP contribution in [0.1, 0.15) is 32.1 Å². The fourth-order valence-corrected chi connectivity index (χ4v) is 3.99. The highest BCUT2D eigenvalue weighted by molar-refractivity contribution is 6.01. The summed E-state index contributed by atoms with van der Waals surface area (Å²) in [5.74, 6) is -0.781. The molecule has 7 nitrogen and oxygen atoms in total. The molecule has 0 aromatic heterocycles. The average Bonchev–Trinajstić information content (AvgIpc) is 3.22. The van der Waals surface area contributed by atoms with Gasteiger partial charge in [-0.05, 0) is 31.4 Å². The second-order valence-electron chi connectivity index (χ2n) is 7.40. The van der Waals surface area contributed by atoms with Gasteiger partial charge in [-0.3, -0.25) is 4.79 Å². The van der Waals surface area contributed by atoms with Gasteiger partial charge in [0.15, 0.2) is 0 Å². The number of carbonyl (C=O) groups excluding carboxylic acids is 2. The normalized spacial score (nSPS) is 21.3. The third-order valence-electron chi connectivity index (χ3n) is 5.23. The molecule has 3 amide bonds. The Labute approximate surface area is 166 Å². The van der Waals surface area contributed by atoms with Crippen LogP contribution in [0.3, 0.4) is 0 Å². The Morgan fingerprint density at radius 3 is 2.69 bits per heavy atom. The molecule has 1 aromatic carbocycles. The first-order valence-electron chi connectivity index (χ1n) is 9.46. The van der Waals surface area contributed by atoms with Crippen molar-refractivity contribution < 1.29 is 32.2 Å². The van der Waals surface area contributed by atoms with Gasteiger partial charge in [0.25, 0.3) is 0 Å². The zero-order chi connectivity index (χ0) is 21.1. The number of alkyl halides is 3. The van der Waals surface area contributed by atoms with Gasteiger partial charge in [-0.25, -0.2) is 4.79 Å². The maximum Gasteiger partial charge on any atom is 0.573 e. The van der Waals surface area contributed by atoms with Gasteiger partial charge in [0.05, 0.1) is 12.1 Å². The first kappa shape index (κ1) is 21.2. The molecular weight excluding hydrogens is 391 g/mol. The Kier molecular flexibility index (Phi) is 6.21. The lowest BCUT2D eigenvalue weighted by Crippen LogP contribution is -2.56. The Balaban J connectivity index is 1.61. The molecule has 0 radical (unpaired) electrons.